The molecule has 4 amide bonds. The Bertz CT molecular complexity index is 1060. The Morgan fingerprint density at radius 3 is 2.00 bits per heavy atom. The van der Waals surface area contributed by atoms with Crippen LogP contribution in [0.4, 0.5) is 0 Å². The molecule has 146 valence electrons. The van der Waals surface area contributed by atoms with Gasteiger partial charge in [-0.3, -0.25) is 28.9 Å². The first kappa shape index (κ1) is 18.5. The minimum Gasteiger partial charge on any atom is -0.444 e. The van der Waals surface area contributed by atoms with Crippen LogP contribution >= 0.6 is 0 Å². The van der Waals surface area contributed by atoms with Crippen molar-refractivity contribution < 1.29 is 28.7 Å². The fraction of sp³-hybridized carbons (Fsp3) is 0.190. The number of hydrogen-bond donors (Lipinski definition) is 0. The zero-order chi connectivity index (χ0) is 20.7. The van der Waals surface area contributed by atoms with Crippen molar-refractivity contribution in [2.45, 2.75) is 13.3 Å². The molecule has 8 heteroatoms. The molecule has 4 rings (SSSR count). The number of nitrogens with zero attached hydrogens (tertiary/aromatic N) is 2. The first-order valence-electron chi connectivity index (χ1n) is 8.96. The number of aryl methyl sites for hydroxylation is 1. The lowest BCUT2D eigenvalue weighted by Crippen LogP contribution is -2.35. The molecule has 8 nitrogen and oxygen atoms in total. The van der Waals surface area contributed by atoms with Gasteiger partial charge in [0.15, 0.2) is 6.73 Å². The van der Waals surface area contributed by atoms with Crippen molar-refractivity contribution in [3.63, 3.8) is 0 Å². The van der Waals surface area contributed by atoms with Crippen LogP contribution in [0.25, 0.3) is 0 Å². The normalized spacial score (nSPS) is 15.1. The van der Waals surface area contributed by atoms with Gasteiger partial charge in [-0.1, -0.05) is 23.8 Å². The highest BCUT2D eigenvalue weighted by atomic mass is 16.5. The standard InChI is InChI=1S/C21H16N2O6/c1-12-6-7-15-16(10-12)21(28)22(18(15)25)9-8-17(24)29-11-23-19(26)13-4-2-3-5-14(13)20(23)27/h2-7,10H,8-9,11H2,1H3. The number of benzene rings is 2. The zero-order valence-electron chi connectivity index (χ0n) is 15.5. The first-order chi connectivity index (χ1) is 13.9. The van der Waals surface area contributed by atoms with E-state index in [1.54, 1.807) is 30.3 Å². The average Bonchev–Trinajstić information content (AvgIpc) is 3.09. The number of ether oxygens (including phenoxy) is 1. The van der Waals surface area contributed by atoms with Gasteiger partial charge in [-0.15, -0.1) is 0 Å². The van der Waals surface area contributed by atoms with Crippen LogP contribution < -0.4 is 0 Å². The van der Waals surface area contributed by atoms with Crippen LogP contribution in [0.3, 0.4) is 0 Å². The zero-order valence-corrected chi connectivity index (χ0v) is 15.5. The van der Waals surface area contributed by atoms with Crippen LogP contribution in [0.15, 0.2) is 42.5 Å². The summed E-state index contributed by atoms with van der Waals surface area (Å²) in [6.07, 6.45) is -0.242. The molecule has 29 heavy (non-hydrogen) atoms. The Hall–Kier alpha value is -3.81. The van der Waals surface area contributed by atoms with E-state index in [1.807, 2.05) is 6.92 Å². The number of rotatable bonds is 5. The topological polar surface area (TPSA) is 101 Å². The van der Waals surface area contributed by atoms with Gasteiger partial charge in [0, 0.05) is 6.54 Å². The van der Waals surface area contributed by atoms with Crippen molar-refractivity contribution in [3.05, 3.63) is 70.3 Å². The number of fused-ring (bicyclic) bond motifs is 2. The predicted octanol–water partition coefficient (Wildman–Crippen LogP) is 1.78. The molecule has 2 aliphatic rings. The molecular weight excluding hydrogens is 376 g/mol. The smallest absolute Gasteiger partial charge is 0.309 e. The van der Waals surface area contributed by atoms with E-state index in [0.29, 0.717) is 11.1 Å². The quantitative estimate of drug-likeness (QED) is 0.568. The van der Waals surface area contributed by atoms with Crippen LogP contribution in [0.5, 0.6) is 0 Å². The third-order valence-corrected chi connectivity index (χ3v) is 4.90. The van der Waals surface area contributed by atoms with Gasteiger partial charge in [0.2, 0.25) is 0 Å². The minimum absolute atomic E-state index is 0.146. The van der Waals surface area contributed by atoms with Crippen molar-refractivity contribution >= 4 is 29.6 Å². The van der Waals surface area contributed by atoms with E-state index in [0.717, 1.165) is 15.4 Å². The highest BCUT2D eigenvalue weighted by molar-refractivity contribution is 6.22. The van der Waals surface area contributed by atoms with Gasteiger partial charge in [-0.2, -0.15) is 0 Å². The van der Waals surface area contributed by atoms with Gasteiger partial charge in [0.25, 0.3) is 23.6 Å². The highest BCUT2D eigenvalue weighted by Gasteiger charge is 2.37. The molecule has 0 saturated heterocycles. The summed E-state index contributed by atoms with van der Waals surface area (Å²) in [4.78, 5) is 63.2. The lowest BCUT2D eigenvalue weighted by Gasteiger charge is -2.16. The third-order valence-electron chi connectivity index (χ3n) is 4.90. The molecule has 0 fully saturated rings. The summed E-state index contributed by atoms with van der Waals surface area (Å²) in [5.41, 5.74) is 1.99. The number of imide groups is 2. The van der Waals surface area contributed by atoms with Gasteiger partial charge in [0.1, 0.15) is 0 Å². The number of carbonyl (C=O) groups excluding carboxylic acids is 5. The van der Waals surface area contributed by atoms with Crippen molar-refractivity contribution in [2.75, 3.05) is 13.3 Å². The van der Waals surface area contributed by atoms with E-state index in [1.165, 1.54) is 12.1 Å². The lowest BCUT2D eigenvalue weighted by atomic mass is 10.1. The molecular formula is C21H16N2O6. The van der Waals surface area contributed by atoms with Crippen molar-refractivity contribution in [2.24, 2.45) is 0 Å². The van der Waals surface area contributed by atoms with Gasteiger partial charge in [-0.05, 0) is 31.2 Å². The molecule has 0 saturated carbocycles. The molecule has 0 aromatic heterocycles. The third kappa shape index (κ3) is 3.08. The summed E-state index contributed by atoms with van der Waals surface area (Å²) in [6, 6.07) is 11.3. The van der Waals surface area contributed by atoms with Gasteiger partial charge in [0.05, 0.1) is 28.7 Å². The average molecular weight is 392 g/mol. The second kappa shape index (κ2) is 6.97. The van der Waals surface area contributed by atoms with E-state index < -0.39 is 36.3 Å². The molecule has 0 aliphatic carbocycles. The number of hydrogen-bond acceptors (Lipinski definition) is 6. The molecule has 2 aromatic rings. The van der Waals surface area contributed by atoms with Crippen LogP contribution in [0, 0.1) is 6.92 Å². The minimum atomic E-state index is -0.728. The lowest BCUT2D eigenvalue weighted by molar-refractivity contribution is -0.146. The molecule has 0 spiro atoms. The summed E-state index contributed by atoms with van der Waals surface area (Å²) in [5, 5.41) is 0. The monoisotopic (exact) mass is 392 g/mol. The van der Waals surface area contributed by atoms with E-state index in [2.05, 4.69) is 0 Å². The fourth-order valence-corrected chi connectivity index (χ4v) is 3.38. The van der Waals surface area contributed by atoms with Crippen LogP contribution in [-0.2, 0) is 9.53 Å². The Kier molecular flexibility index (Phi) is 4.46. The van der Waals surface area contributed by atoms with Crippen LogP contribution in [0.2, 0.25) is 0 Å². The Morgan fingerprint density at radius 2 is 1.34 bits per heavy atom. The Morgan fingerprint density at radius 1 is 0.793 bits per heavy atom. The maximum absolute atomic E-state index is 12.4. The summed E-state index contributed by atoms with van der Waals surface area (Å²) >= 11 is 0. The molecule has 0 bridgehead atoms. The molecule has 2 aromatic carbocycles. The van der Waals surface area contributed by atoms with Gasteiger partial charge < -0.3 is 4.74 Å². The van der Waals surface area contributed by atoms with E-state index in [4.69, 9.17) is 4.74 Å². The molecule has 0 radical (unpaired) electrons. The second-order valence-corrected chi connectivity index (χ2v) is 6.79. The molecule has 0 atom stereocenters. The van der Waals surface area contributed by atoms with Crippen molar-refractivity contribution in [1.29, 1.82) is 0 Å². The summed E-state index contributed by atoms with van der Waals surface area (Å²) in [6.45, 7) is 1.15. The number of amides is 4. The van der Waals surface area contributed by atoms with E-state index in [9.17, 15) is 24.0 Å². The largest absolute Gasteiger partial charge is 0.444 e. The second-order valence-electron chi connectivity index (χ2n) is 6.79. The number of esters is 1. The highest BCUT2D eigenvalue weighted by Crippen LogP contribution is 2.24. The van der Waals surface area contributed by atoms with Crippen LogP contribution in [-0.4, -0.2) is 52.7 Å². The Labute approximate surface area is 165 Å². The molecule has 2 aliphatic heterocycles. The molecule has 0 unspecified atom stereocenters. The predicted molar refractivity (Wildman–Crippen MR) is 99.1 cm³/mol. The SMILES string of the molecule is Cc1ccc2c(c1)C(=O)N(CCC(=O)OCN1C(=O)c3ccccc3C1=O)C2=O. The van der Waals surface area contributed by atoms with Gasteiger partial charge in [-0.25, -0.2) is 4.90 Å². The van der Waals surface area contributed by atoms with Crippen molar-refractivity contribution in [1.82, 2.24) is 9.80 Å². The van der Waals surface area contributed by atoms with Crippen molar-refractivity contribution in [3.8, 4) is 0 Å². The van der Waals surface area contributed by atoms with E-state index in [-0.39, 0.29) is 24.1 Å². The summed E-state index contributed by atoms with van der Waals surface area (Å²) in [5.74, 6) is -2.71. The van der Waals surface area contributed by atoms with E-state index >= 15 is 0 Å². The molecule has 0 N–H and O–H groups in total. The molecule has 2 heterocycles. The fourth-order valence-electron chi connectivity index (χ4n) is 3.38. The number of carbonyl (C=O) groups is 5. The van der Waals surface area contributed by atoms with Gasteiger partial charge >= 0.3 is 5.97 Å². The maximum atomic E-state index is 12.4. The first-order valence-corrected chi connectivity index (χ1v) is 8.96. The van der Waals surface area contributed by atoms with Crippen LogP contribution in [0.1, 0.15) is 53.4 Å². The summed E-state index contributed by atoms with van der Waals surface area (Å²) < 4.78 is 5.02. The Balaban J connectivity index is 1.34. The maximum Gasteiger partial charge on any atom is 0.309 e. The summed E-state index contributed by atoms with van der Waals surface area (Å²) in [7, 11) is 0.